The number of benzene rings is 1. The molecule has 0 radical (unpaired) electrons. The number of aliphatic carboxylic acids is 2. The van der Waals surface area contributed by atoms with Crippen molar-refractivity contribution in [2.45, 2.75) is 173 Å². The minimum absolute atomic E-state index is 0.0111. The first kappa shape index (κ1) is 77.0. The molecule has 3 rings (SSSR count). The van der Waals surface area contributed by atoms with Crippen molar-refractivity contribution >= 4 is 100 Å². The Labute approximate surface area is 534 Å². The zero-order valence-electron chi connectivity index (χ0n) is 52.3. The smallest absolute Gasteiger partial charge is 0.303 e. The molecular weight excluding hydrogens is 1230 g/mol. The zero-order chi connectivity index (χ0) is 68.9. The number of aromatic amines is 1. The monoisotopic (exact) mass is 1310 g/mol. The highest BCUT2D eigenvalue weighted by Gasteiger charge is 2.42. The summed E-state index contributed by atoms with van der Waals surface area (Å²) in [5.41, 5.74) is 6.13. The molecule has 0 bridgehead atoms. The largest absolute Gasteiger partial charge is 0.508 e. The molecule has 12 amide bonds. The van der Waals surface area contributed by atoms with Crippen molar-refractivity contribution in [2.75, 3.05) is 31.7 Å². The summed E-state index contributed by atoms with van der Waals surface area (Å²) in [5.74, 6) is -16.0. The molecule has 0 saturated carbocycles. The van der Waals surface area contributed by atoms with Gasteiger partial charge in [0.25, 0.3) is 5.91 Å². The van der Waals surface area contributed by atoms with Gasteiger partial charge in [-0.05, 0) is 80.1 Å². The average Bonchev–Trinajstić information content (AvgIpc) is 1.61. The first-order chi connectivity index (χ1) is 43.4. The third-order valence-corrected chi connectivity index (χ3v) is 15.2. The molecule has 10 atom stereocenters. The standard InChI is InChI=1S/C58H86N14O19S/c1-8-10-35(65-55(88)42-11-9-21-72(42)58(91)47(30(4)5)71-56(89)46(29(2)3)70-52(85)37(17-19-45(79)80)66-50(83)36(63-31(6)74)16-18-44(77)78)48(81)57(90)61-26-43(76)64-38(20-22-92-7)51(84)68-40(24-33-25-60-28-62-33)54(87)67-39(23-32-12-14-34(75)15-13-32)53(86)69-41(27-73)49(59)82/h12-15,25,28-30,35-42,46-47,73,75H,8-11,16-24,26-27H2,1-7H3,(H2,59,82)(H,60,62)(H,61,90)(H,63,74)(H,64,76)(H,65,88)(H,66,83)(H,67,87)(H,68,84)(H,69,86)(H,70,85)(H,71,89)(H,77,78)(H,79,80)/t35-,36-,37-,38+,39-,40-,41-,42?,46-,47-/m0/s1. The number of carbonyl (C=O) groups is 15. The molecule has 34 heteroatoms. The summed E-state index contributed by atoms with van der Waals surface area (Å²) in [6.07, 6.45) is 2.55. The number of ketones is 1. The van der Waals surface area contributed by atoms with Crippen LogP contribution in [0.15, 0.2) is 36.8 Å². The fraction of sp³-hybridized carbons (Fsp3) is 0.586. The molecule has 508 valence electrons. The van der Waals surface area contributed by atoms with Crippen molar-refractivity contribution < 1.29 is 92.3 Å². The molecule has 1 aromatic heterocycles. The van der Waals surface area contributed by atoms with Crippen molar-refractivity contribution in [1.29, 1.82) is 0 Å². The molecule has 92 heavy (non-hydrogen) atoms. The van der Waals surface area contributed by atoms with E-state index < -0.39 is 193 Å². The van der Waals surface area contributed by atoms with Crippen molar-refractivity contribution in [3.8, 4) is 5.75 Å². The van der Waals surface area contributed by atoms with Gasteiger partial charge in [0.05, 0.1) is 25.5 Å². The SMILES string of the molecule is CCC[C@H](NC(=O)C1CCCN1C(=O)[C@@H](NC(=O)[C@@H](NC(=O)[C@H](CCC(=O)O)NC(=O)[C@H](CCC(=O)O)NC(C)=O)C(C)C)C(C)C)C(=O)C(=O)NCC(=O)N[C@H](CCSC)C(=O)N[C@@H](Cc1cnc[nH]1)C(=O)N[C@@H](Cc1ccc(O)cc1)C(=O)N[C@@H](CO)C(N)=O. The summed E-state index contributed by atoms with van der Waals surface area (Å²) in [4.78, 5) is 206. The lowest BCUT2D eigenvalue weighted by Crippen LogP contribution is -2.61. The van der Waals surface area contributed by atoms with E-state index in [0.29, 0.717) is 23.4 Å². The summed E-state index contributed by atoms with van der Waals surface area (Å²) in [6, 6.07) is -8.55. The van der Waals surface area contributed by atoms with E-state index in [1.54, 1.807) is 40.9 Å². The van der Waals surface area contributed by atoms with Gasteiger partial charge in [-0.2, -0.15) is 11.8 Å². The molecule has 2 heterocycles. The minimum Gasteiger partial charge on any atom is -0.508 e. The number of H-pyrrole nitrogens is 1. The van der Waals surface area contributed by atoms with Crippen LogP contribution in [0, 0.1) is 11.8 Å². The Hall–Kier alpha value is -9.21. The third-order valence-electron chi connectivity index (χ3n) is 14.5. The number of primary amides is 1. The molecule has 1 aliphatic heterocycles. The number of nitrogens with one attached hydrogen (secondary N) is 11. The number of hydrogen-bond donors (Lipinski definition) is 16. The number of nitrogens with two attached hydrogens (primary N) is 1. The topological polar surface area (TPSA) is 515 Å². The van der Waals surface area contributed by atoms with E-state index in [0.717, 1.165) is 6.92 Å². The Morgan fingerprint density at radius 3 is 1.68 bits per heavy atom. The normalized spacial score (nSPS) is 15.7. The number of Topliss-reactive ketones (excluding diaryl/α,β-unsaturated/α-hetero) is 1. The number of phenols is 1. The Bertz CT molecular complexity index is 2930. The average molecular weight is 1320 g/mol. The molecule has 1 aliphatic rings. The number of likely N-dealkylation sites (tertiary alicyclic amines) is 1. The van der Waals surface area contributed by atoms with E-state index in [-0.39, 0.29) is 57.2 Å². The van der Waals surface area contributed by atoms with Gasteiger partial charge >= 0.3 is 11.9 Å². The van der Waals surface area contributed by atoms with Crippen LogP contribution in [-0.4, -0.2) is 216 Å². The highest BCUT2D eigenvalue weighted by atomic mass is 32.2. The Morgan fingerprint density at radius 2 is 1.17 bits per heavy atom. The van der Waals surface area contributed by atoms with Gasteiger partial charge in [0, 0.05) is 51.0 Å². The van der Waals surface area contributed by atoms with E-state index in [9.17, 15) is 87.2 Å². The molecule has 1 unspecified atom stereocenters. The molecule has 1 fully saturated rings. The molecule has 33 nitrogen and oxygen atoms in total. The number of carbonyl (C=O) groups excluding carboxylic acids is 13. The maximum atomic E-state index is 14.4. The predicted molar refractivity (Wildman–Crippen MR) is 328 cm³/mol. The second-order valence-corrected chi connectivity index (χ2v) is 23.5. The molecule has 0 aliphatic carbocycles. The summed E-state index contributed by atoms with van der Waals surface area (Å²) in [7, 11) is 0. The maximum Gasteiger partial charge on any atom is 0.303 e. The van der Waals surface area contributed by atoms with Crippen molar-refractivity contribution in [3.05, 3.63) is 48.0 Å². The van der Waals surface area contributed by atoms with E-state index in [1.165, 1.54) is 53.5 Å². The highest BCUT2D eigenvalue weighted by molar-refractivity contribution is 7.98. The molecule has 1 aromatic carbocycles. The number of aliphatic hydroxyl groups is 1. The van der Waals surface area contributed by atoms with Crippen LogP contribution in [-0.2, 0) is 84.8 Å². The number of aromatic hydroxyl groups is 1. The summed E-state index contributed by atoms with van der Waals surface area (Å²) < 4.78 is 0. The maximum absolute atomic E-state index is 14.4. The van der Waals surface area contributed by atoms with Gasteiger partial charge in [0.1, 0.15) is 60.1 Å². The van der Waals surface area contributed by atoms with Gasteiger partial charge in [-0.1, -0.05) is 53.2 Å². The number of phenolic OH excluding ortho intramolecular Hbond substituents is 1. The van der Waals surface area contributed by atoms with Crippen LogP contribution in [0.2, 0.25) is 0 Å². The van der Waals surface area contributed by atoms with Crippen molar-refractivity contribution in [1.82, 2.24) is 68.0 Å². The minimum atomic E-state index is -1.59. The number of amides is 12. The van der Waals surface area contributed by atoms with Crippen LogP contribution >= 0.6 is 11.8 Å². The molecule has 1 saturated heterocycles. The van der Waals surface area contributed by atoms with Crippen LogP contribution < -0.4 is 58.9 Å². The lowest BCUT2D eigenvalue weighted by Gasteiger charge is -2.33. The third kappa shape index (κ3) is 25.6. The van der Waals surface area contributed by atoms with E-state index in [1.807, 2.05) is 0 Å². The molecule has 2 aromatic rings. The van der Waals surface area contributed by atoms with Gasteiger partial charge in [-0.3, -0.25) is 71.9 Å². The quantitative estimate of drug-likeness (QED) is 0.0283. The molecule has 17 N–H and O–H groups in total. The number of nitrogens with zero attached hydrogens (tertiary/aromatic N) is 2. The second kappa shape index (κ2) is 38.5. The Morgan fingerprint density at radius 1 is 0.652 bits per heavy atom. The molecule has 0 spiro atoms. The first-order valence-corrected chi connectivity index (χ1v) is 31.2. The van der Waals surface area contributed by atoms with Gasteiger partial charge in [-0.15, -0.1) is 0 Å². The summed E-state index contributed by atoms with van der Waals surface area (Å²) in [5, 5.41) is 62.6. The number of thioether (sulfide) groups is 1. The van der Waals surface area contributed by atoms with Crippen LogP contribution in [0.5, 0.6) is 5.75 Å². The van der Waals surface area contributed by atoms with Crippen LogP contribution in [0.3, 0.4) is 0 Å². The second-order valence-electron chi connectivity index (χ2n) is 22.5. The summed E-state index contributed by atoms with van der Waals surface area (Å²) in [6.45, 7) is 7.39. The number of carboxylic acids is 2. The number of aliphatic hydroxyl groups excluding tert-OH is 1. The number of rotatable bonds is 40. The zero-order valence-corrected chi connectivity index (χ0v) is 53.1. The number of carboxylic acid groups (broad SMARTS) is 2. The van der Waals surface area contributed by atoms with Crippen molar-refractivity contribution in [3.63, 3.8) is 0 Å². The van der Waals surface area contributed by atoms with Gasteiger partial charge in [0.15, 0.2) is 0 Å². The van der Waals surface area contributed by atoms with Crippen LogP contribution in [0.4, 0.5) is 0 Å². The first-order valence-electron chi connectivity index (χ1n) is 29.8. The van der Waals surface area contributed by atoms with Crippen LogP contribution in [0.1, 0.15) is 111 Å². The Balaban J connectivity index is 1.75. The number of hydrogen-bond acceptors (Lipinski definition) is 19. The van der Waals surface area contributed by atoms with Gasteiger partial charge < -0.3 is 89.2 Å². The highest BCUT2D eigenvalue weighted by Crippen LogP contribution is 2.22. The van der Waals surface area contributed by atoms with Crippen molar-refractivity contribution in [2.24, 2.45) is 17.6 Å². The fourth-order valence-corrected chi connectivity index (χ4v) is 10.00. The lowest BCUT2D eigenvalue weighted by atomic mass is 9.98. The van der Waals surface area contributed by atoms with Gasteiger partial charge in [0.2, 0.25) is 70.8 Å². The summed E-state index contributed by atoms with van der Waals surface area (Å²) >= 11 is 1.31. The number of imidazole rings is 1. The Kier molecular flexibility index (Phi) is 32.2. The van der Waals surface area contributed by atoms with Crippen LogP contribution in [0.25, 0.3) is 0 Å². The molecular formula is C58H86N14O19S. The van der Waals surface area contributed by atoms with E-state index in [4.69, 9.17) is 10.8 Å². The predicted octanol–water partition coefficient (Wildman–Crippen LogP) is -3.97. The van der Waals surface area contributed by atoms with Gasteiger partial charge in [-0.25, -0.2) is 4.98 Å². The lowest BCUT2D eigenvalue weighted by molar-refractivity contribution is -0.144. The fourth-order valence-electron chi connectivity index (χ4n) is 9.53. The van der Waals surface area contributed by atoms with E-state index >= 15 is 0 Å². The van der Waals surface area contributed by atoms with E-state index in [2.05, 4.69) is 63.1 Å². The number of aromatic nitrogens is 2.